The van der Waals surface area contributed by atoms with Crippen molar-refractivity contribution in [1.82, 2.24) is 4.57 Å². The summed E-state index contributed by atoms with van der Waals surface area (Å²) in [6.45, 7) is 5.13. The third-order valence-electron chi connectivity index (χ3n) is 3.15. The number of aromatic nitrogens is 1. The highest BCUT2D eigenvalue weighted by Gasteiger charge is 2.11. The molecule has 18 heavy (non-hydrogen) atoms. The summed E-state index contributed by atoms with van der Waals surface area (Å²) in [5.41, 5.74) is 8.56. The summed E-state index contributed by atoms with van der Waals surface area (Å²) >= 11 is 5.87. The van der Waals surface area contributed by atoms with Crippen LogP contribution in [0, 0.1) is 5.92 Å². The first-order chi connectivity index (χ1) is 8.56. The number of rotatable bonds is 4. The van der Waals surface area contributed by atoms with Crippen LogP contribution in [0.2, 0.25) is 5.02 Å². The lowest BCUT2D eigenvalue weighted by molar-refractivity contribution is 0.513. The van der Waals surface area contributed by atoms with Gasteiger partial charge in [0.15, 0.2) is 0 Å². The first kappa shape index (κ1) is 13.2. The van der Waals surface area contributed by atoms with Crippen molar-refractivity contribution in [3.63, 3.8) is 0 Å². The van der Waals surface area contributed by atoms with E-state index in [0.717, 1.165) is 11.6 Å². The van der Waals surface area contributed by atoms with Gasteiger partial charge >= 0.3 is 0 Å². The Bertz CT molecular complexity index is 499. The van der Waals surface area contributed by atoms with Crippen LogP contribution >= 0.6 is 11.6 Å². The molecule has 0 saturated carbocycles. The van der Waals surface area contributed by atoms with Gasteiger partial charge in [-0.3, -0.25) is 0 Å². The molecule has 0 saturated heterocycles. The number of nitrogens with two attached hydrogens (primary N) is 1. The summed E-state index contributed by atoms with van der Waals surface area (Å²) in [5.74, 6) is 0.455. The molecule has 2 N–H and O–H groups in total. The molecule has 96 valence electrons. The monoisotopic (exact) mass is 262 g/mol. The van der Waals surface area contributed by atoms with E-state index in [0.29, 0.717) is 5.92 Å². The van der Waals surface area contributed by atoms with Crippen LogP contribution in [-0.2, 0) is 6.54 Å². The average Bonchev–Trinajstić information content (AvgIpc) is 2.79. The lowest BCUT2D eigenvalue weighted by atomic mass is 10.00. The maximum absolute atomic E-state index is 6.13. The highest BCUT2D eigenvalue weighted by molar-refractivity contribution is 6.30. The molecule has 2 rings (SSSR count). The topological polar surface area (TPSA) is 30.9 Å². The molecule has 0 radical (unpaired) electrons. The first-order valence-electron chi connectivity index (χ1n) is 6.22. The molecule has 0 aliphatic heterocycles. The van der Waals surface area contributed by atoms with Gasteiger partial charge in [0.05, 0.1) is 0 Å². The van der Waals surface area contributed by atoms with Gasteiger partial charge < -0.3 is 10.3 Å². The first-order valence-corrected chi connectivity index (χ1v) is 6.60. The Balaban J connectivity index is 2.09. The Hall–Kier alpha value is -1.25. The van der Waals surface area contributed by atoms with E-state index in [4.69, 9.17) is 17.3 Å². The van der Waals surface area contributed by atoms with Crippen molar-refractivity contribution in [3.8, 4) is 0 Å². The second kappa shape index (κ2) is 5.59. The summed E-state index contributed by atoms with van der Waals surface area (Å²) in [6.07, 6.45) is 4.20. The zero-order valence-corrected chi connectivity index (χ0v) is 11.6. The number of nitrogens with zero attached hydrogens (tertiary/aromatic N) is 1. The van der Waals surface area contributed by atoms with Crippen LogP contribution in [0.4, 0.5) is 0 Å². The summed E-state index contributed by atoms with van der Waals surface area (Å²) < 4.78 is 2.15. The van der Waals surface area contributed by atoms with E-state index in [1.165, 1.54) is 11.1 Å². The van der Waals surface area contributed by atoms with E-state index in [9.17, 15) is 0 Å². The molecule has 0 fully saturated rings. The molecular weight excluding hydrogens is 244 g/mol. The molecule has 0 spiro atoms. The fourth-order valence-electron chi connectivity index (χ4n) is 1.94. The number of hydrogen-bond acceptors (Lipinski definition) is 1. The molecule has 1 unspecified atom stereocenters. The van der Waals surface area contributed by atoms with Gasteiger partial charge in [0.25, 0.3) is 0 Å². The van der Waals surface area contributed by atoms with Crippen LogP contribution in [0.1, 0.15) is 31.0 Å². The predicted octanol–water partition coefficient (Wildman–Crippen LogP) is 3.85. The SMILES string of the molecule is CC(C)C(N)c1ccn(Cc2ccc(Cl)cc2)c1. The van der Waals surface area contributed by atoms with Crippen LogP contribution in [0.25, 0.3) is 0 Å². The Kier molecular flexibility index (Phi) is 4.10. The zero-order chi connectivity index (χ0) is 13.1. The zero-order valence-electron chi connectivity index (χ0n) is 10.8. The van der Waals surface area contributed by atoms with E-state index < -0.39 is 0 Å². The Morgan fingerprint density at radius 1 is 1.17 bits per heavy atom. The molecule has 3 heteroatoms. The second-order valence-corrected chi connectivity index (χ2v) is 5.45. The van der Waals surface area contributed by atoms with E-state index in [2.05, 4.69) is 36.9 Å². The van der Waals surface area contributed by atoms with Crippen molar-refractivity contribution in [2.24, 2.45) is 11.7 Å². The maximum atomic E-state index is 6.13. The van der Waals surface area contributed by atoms with Crippen LogP contribution in [0.3, 0.4) is 0 Å². The minimum Gasteiger partial charge on any atom is -0.350 e. The summed E-state index contributed by atoms with van der Waals surface area (Å²) in [4.78, 5) is 0. The van der Waals surface area contributed by atoms with Gasteiger partial charge in [-0.05, 0) is 35.2 Å². The number of benzene rings is 1. The van der Waals surface area contributed by atoms with E-state index >= 15 is 0 Å². The minimum atomic E-state index is 0.108. The van der Waals surface area contributed by atoms with Crippen molar-refractivity contribution in [3.05, 3.63) is 58.9 Å². The molecular formula is C15H19ClN2. The predicted molar refractivity (Wildman–Crippen MR) is 76.8 cm³/mol. The van der Waals surface area contributed by atoms with E-state index in [1.54, 1.807) is 0 Å². The van der Waals surface area contributed by atoms with Crippen LogP contribution in [0.5, 0.6) is 0 Å². The highest BCUT2D eigenvalue weighted by Crippen LogP contribution is 2.19. The van der Waals surface area contributed by atoms with Gasteiger partial charge in [0, 0.05) is 30.0 Å². The summed E-state index contributed by atoms with van der Waals surface area (Å²) in [6, 6.07) is 10.1. The van der Waals surface area contributed by atoms with Crippen LogP contribution in [-0.4, -0.2) is 4.57 Å². The molecule has 1 atom stereocenters. The molecule has 1 aromatic carbocycles. The van der Waals surface area contributed by atoms with Crippen molar-refractivity contribution in [2.45, 2.75) is 26.4 Å². The lowest BCUT2D eigenvalue weighted by Crippen LogP contribution is -2.15. The van der Waals surface area contributed by atoms with Crippen molar-refractivity contribution in [2.75, 3.05) is 0 Å². The molecule has 1 aromatic heterocycles. The van der Waals surface area contributed by atoms with Gasteiger partial charge in [0.1, 0.15) is 0 Å². The summed E-state index contributed by atoms with van der Waals surface area (Å²) in [5, 5.41) is 0.772. The maximum Gasteiger partial charge on any atom is 0.0470 e. The molecule has 2 nitrogen and oxygen atoms in total. The fraction of sp³-hybridized carbons (Fsp3) is 0.333. The van der Waals surface area contributed by atoms with E-state index in [-0.39, 0.29) is 6.04 Å². The molecule has 0 amide bonds. The third-order valence-corrected chi connectivity index (χ3v) is 3.41. The second-order valence-electron chi connectivity index (χ2n) is 5.01. The van der Waals surface area contributed by atoms with Gasteiger partial charge in [-0.1, -0.05) is 37.6 Å². The highest BCUT2D eigenvalue weighted by atomic mass is 35.5. The quantitative estimate of drug-likeness (QED) is 0.892. The van der Waals surface area contributed by atoms with Crippen molar-refractivity contribution in [1.29, 1.82) is 0 Å². The molecule has 0 aliphatic rings. The standard InChI is InChI=1S/C15H19ClN2/c1-11(2)15(17)13-7-8-18(10-13)9-12-3-5-14(16)6-4-12/h3-8,10-11,15H,9,17H2,1-2H3. The third kappa shape index (κ3) is 3.15. The summed E-state index contributed by atoms with van der Waals surface area (Å²) in [7, 11) is 0. The average molecular weight is 263 g/mol. The molecule has 1 heterocycles. The van der Waals surface area contributed by atoms with Gasteiger partial charge in [0.2, 0.25) is 0 Å². The minimum absolute atomic E-state index is 0.108. The van der Waals surface area contributed by atoms with Gasteiger partial charge in [-0.25, -0.2) is 0 Å². The lowest BCUT2D eigenvalue weighted by Gasteiger charge is -2.13. The molecule has 0 aliphatic carbocycles. The normalized spacial score (nSPS) is 12.9. The number of hydrogen-bond donors (Lipinski definition) is 1. The fourth-order valence-corrected chi connectivity index (χ4v) is 2.07. The van der Waals surface area contributed by atoms with Crippen molar-refractivity contribution >= 4 is 11.6 Å². The van der Waals surface area contributed by atoms with Crippen LogP contribution < -0.4 is 5.73 Å². The van der Waals surface area contributed by atoms with Gasteiger partial charge in [-0.2, -0.15) is 0 Å². The number of halogens is 1. The largest absolute Gasteiger partial charge is 0.350 e. The molecule has 2 aromatic rings. The Labute approximate surface area is 113 Å². The Morgan fingerprint density at radius 2 is 1.83 bits per heavy atom. The van der Waals surface area contributed by atoms with Gasteiger partial charge in [-0.15, -0.1) is 0 Å². The van der Waals surface area contributed by atoms with Crippen LogP contribution in [0.15, 0.2) is 42.7 Å². The van der Waals surface area contributed by atoms with E-state index in [1.807, 2.05) is 24.3 Å². The smallest absolute Gasteiger partial charge is 0.0470 e. The van der Waals surface area contributed by atoms with Crippen molar-refractivity contribution < 1.29 is 0 Å². The Morgan fingerprint density at radius 3 is 2.44 bits per heavy atom. The molecule has 0 bridgehead atoms.